The van der Waals surface area contributed by atoms with E-state index in [0.29, 0.717) is 32.9 Å². The average Bonchev–Trinajstić information content (AvgIpc) is 3.25. The SMILES string of the molecule is CCOC(OCC)c1cccc(N2CCN(C(=O)OCC3c4ccccc4-c4ccccc43)CC2)c1. The van der Waals surface area contributed by atoms with E-state index in [9.17, 15) is 4.79 Å². The summed E-state index contributed by atoms with van der Waals surface area (Å²) in [5.41, 5.74) is 7.06. The predicted molar refractivity (Wildman–Crippen MR) is 141 cm³/mol. The molecular formula is C30H34N2O4. The Bertz CT molecular complexity index is 1140. The molecule has 1 aliphatic heterocycles. The minimum atomic E-state index is -0.359. The third-order valence-electron chi connectivity index (χ3n) is 7.02. The normalized spacial score (nSPS) is 15.2. The van der Waals surface area contributed by atoms with Gasteiger partial charge in [0.05, 0.1) is 0 Å². The lowest BCUT2D eigenvalue weighted by Crippen LogP contribution is -2.49. The molecule has 1 fully saturated rings. The molecule has 1 amide bonds. The number of anilines is 1. The lowest BCUT2D eigenvalue weighted by molar-refractivity contribution is -0.140. The summed E-state index contributed by atoms with van der Waals surface area (Å²) in [6.07, 6.45) is -0.597. The molecule has 2 aliphatic rings. The summed E-state index contributed by atoms with van der Waals surface area (Å²) in [5.74, 6) is 0.0778. The Morgan fingerprint density at radius 1 is 0.833 bits per heavy atom. The Kier molecular flexibility index (Phi) is 7.54. The molecule has 5 rings (SSSR count). The minimum Gasteiger partial charge on any atom is -0.448 e. The zero-order valence-electron chi connectivity index (χ0n) is 21.1. The molecule has 0 bridgehead atoms. The van der Waals surface area contributed by atoms with Crippen molar-refractivity contribution in [2.24, 2.45) is 0 Å². The zero-order chi connectivity index (χ0) is 24.9. The monoisotopic (exact) mass is 486 g/mol. The van der Waals surface area contributed by atoms with E-state index in [4.69, 9.17) is 14.2 Å². The molecule has 3 aromatic rings. The first-order valence-corrected chi connectivity index (χ1v) is 12.9. The quantitative estimate of drug-likeness (QED) is 0.375. The van der Waals surface area contributed by atoms with E-state index in [1.54, 1.807) is 0 Å². The third kappa shape index (κ3) is 4.97. The Hall–Kier alpha value is -3.35. The molecule has 6 heteroatoms. The van der Waals surface area contributed by atoms with Crippen LogP contribution in [0.3, 0.4) is 0 Å². The summed E-state index contributed by atoms with van der Waals surface area (Å²) in [4.78, 5) is 17.1. The number of amides is 1. The molecule has 1 heterocycles. The maximum atomic E-state index is 13.0. The molecule has 188 valence electrons. The topological polar surface area (TPSA) is 51.2 Å². The van der Waals surface area contributed by atoms with Crippen LogP contribution in [0.5, 0.6) is 0 Å². The van der Waals surface area contributed by atoms with E-state index in [1.807, 2.05) is 30.9 Å². The summed E-state index contributed by atoms with van der Waals surface area (Å²) < 4.78 is 17.4. The Labute approximate surface area is 213 Å². The molecular weight excluding hydrogens is 452 g/mol. The van der Waals surface area contributed by atoms with Gasteiger partial charge in [-0.05, 0) is 48.2 Å². The van der Waals surface area contributed by atoms with Gasteiger partial charge in [0.2, 0.25) is 0 Å². The van der Waals surface area contributed by atoms with Crippen molar-refractivity contribution in [3.8, 4) is 11.1 Å². The largest absolute Gasteiger partial charge is 0.448 e. The van der Waals surface area contributed by atoms with Crippen LogP contribution in [0.1, 0.15) is 42.7 Å². The molecule has 0 radical (unpaired) electrons. The lowest BCUT2D eigenvalue weighted by atomic mass is 9.98. The summed E-state index contributed by atoms with van der Waals surface area (Å²) in [6, 6.07) is 25.1. The number of benzene rings is 3. The summed E-state index contributed by atoms with van der Waals surface area (Å²) in [7, 11) is 0. The van der Waals surface area contributed by atoms with E-state index < -0.39 is 0 Å². The molecule has 6 nitrogen and oxygen atoms in total. The number of hydrogen-bond donors (Lipinski definition) is 0. The average molecular weight is 487 g/mol. The standard InChI is InChI=1S/C30H34N2O4/c1-3-34-29(35-4-2)22-10-9-11-23(20-22)31-16-18-32(19-17-31)30(33)36-21-28-26-14-7-5-12-24(26)25-13-6-8-15-27(25)28/h5-15,20,28-29H,3-4,16-19,21H2,1-2H3. The molecule has 1 aliphatic carbocycles. The second-order valence-electron chi connectivity index (χ2n) is 9.12. The van der Waals surface area contributed by atoms with Gasteiger partial charge in [-0.3, -0.25) is 0 Å². The van der Waals surface area contributed by atoms with Crippen molar-refractivity contribution in [3.63, 3.8) is 0 Å². The van der Waals surface area contributed by atoms with Crippen molar-refractivity contribution in [1.29, 1.82) is 0 Å². The van der Waals surface area contributed by atoms with Gasteiger partial charge in [0.25, 0.3) is 0 Å². The Balaban J connectivity index is 1.18. The van der Waals surface area contributed by atoms with Crippen LogP contribution in [0, 0.1) is 0 Å². The summed E-state index contributed by atoms with van der Waals surface area (Å²) in [6.45, 7) is 8.23. The van der Waals surface area contributed by atoms with Gasteiger partial charge in [0.1, 0.15) is 6.61 Å². The van der Waals surface area contributed by atoms with E-state index >= 15 is 0 Å². The van der Waals surface area contributed by atoms with Crippen LogP contribution >= 0.6 is 0 Å². The van der Waals surface area contributed by atoms with Crippen LogP contribution in [0.25, 0.3) is 11.1 Å². The van der Waals surface area contributed by atoms with Gasteiger partial charge in [0.15, 0.2) is 6.29 Å². The van der Waals surface area contributed by atoms with Crippen molar-refractivity contribution in [2.45, 2.75) is 26.1 Å². The summed E-state index contributed by atoms with van der Waals surface area (Å²) >= 11 is 0. The molecule has 36 heavy (non-hydrogen) atoms. The molecule has 0 N–H and O–H groups in total. The molecule has 0 aromatic heterocycles. The van der Waals surface area contributed by atoms with Gasteiger partial charge in [-0.15, -0.1) is 0 Å². The predicted octanol–water partition coefficient (Wildman–Crippen LogP) is 5.83. The molecule has 1 saturated heterocycles. The molecule has 0 saturated carbocycles. The maximum absolute atomic E-state index is 13.0. The first kappa shape index (κ1) is 24.3. The van der Waals surface area contributed by atoms with Crippen molar-refractivity contribution >= 4 is 11.8 Å². The zero-order valence-corrected chi connectivity index (χ0v) is 21.1. The van der Waals surface area contributed by atoms with Crippen LogP contribution in [-0.2, 0) is 14.2 Å². The molecule has 0 spiro atoms. The highest BCUT2D eigenvalue weighted by Crippen LogP contribution is 2.44. The minimum absolute atomic E-state index is 0.0778. The second-order valence-corrected chi connectivity index (χ2v) is 9.12. The fourth-order valence-electron chi connectivity index (χ4n) is 5.24. The number of ether oxygens (including phenoxy) is 3. The smallest absolute Gasteiger partial charge is 0.409 e. The lowest BCUT2D eigenvalue weighted by Gasteiger charge is -2.36. The highest BCUT2D eigenvalue weighted by atomic mass is 16.7. The van der Waals surface area contributed by atoms with E-state index in [0.717, 1.165) is 24.3 Å². The van der Waals surface area contributed by atoms with E-state index in [2.05, 4.69) is 65.6 Å². The number of carbonyl (C=O) groups is 1. The Morgan fingerprint density at radius 2 is 1.44 bits per heavy atom. The van der Waals surface area contributed by atoms with Gasteiger partial charge >= 0.3 is 6.09 Å². The van der Waals surface area contributed by atoms with Crippen molar-refractivity contribution in [1.82, 2.24) is 4.90 Å². The van der Waals surface area contributed by atoms with E-state index in [1.165, 1.54) is 22.3 Å². The van der Waals surface area contributed by atoms with Gasteiger partial charge in [0, 0.05) is 56.6 Å². The molecule has 0 unspecified atom stereocenters. The van der Waals surface area contributed by atoms with Crippen LogP contribution < -0.4 is 4.90 Å². The van der Waals surface area contributed by atoms with Crippen molar-refractivity contribution in [2.75, 3.05) is 50.9 Å². The van der Waals surface area contributed by atoms with Crippen molar-refractivity contribution < 1.29 is 19.0 Å². The Morgan fingerprint density at radius 3 is 2.06 bits per heavy atom. The maximum Gasteiger partial charge on any atom is 0.409 e. The number of nitrogens with zero attached hydrogens (tertiary/aromatic N) is 2. The van der Waals surface area contributed by atoms with Gasteiger partial charge < -0.3 is 24.0 Å². The van der Waals surface area contributed by atoms with Crippen LogP contribution in [-0.4, -0.2) is 57.0 Å². The van der Waals surface area contributed by atoms with E-state index in [-0.39, 0.29) is 18.3 Å². The first-order valence-electron chi connectivity index (χ1n) is 12.9. The number of piperazine rings is 1. The molecule has 0 atom stereocenters. The fourth-order valence-corrected chi connectivity index (χ4v) is 5.24. The van der Waals surface area contributed by atoms with Crippen LogP contribution in [0.4, 0.5) is 10.5 Å². The number of carbonyl (C=O) groups excluding carboxylic acids is 1. The highest BCUT2D eigenvalue weighted by Gasteiger charge is 2.30. The first-order chi connectivity index (χ1) is 17.7. The third-order valence-corrected chi connectivity index (χ3v) is 7.02. The summed E-state index contributed by atoms with van der Waals surface area (Å²) in [5, 5.41) is 0. The van der Waals surface area contributed by atoms with Crippen LogP contribution in [0.2, 0.25) is 0 Å². The highest BCUT2D eigenvalue weighted by molar-refractivity contribution is 5.79. The second kappa shape index (κ2) is 11.1. The van der Waals surface area contributed by atoms with Crippen LogP contribution in [0.15, 0.2) is 72.8 Å². The van der Waals surface area contributed by atoms with Gasteiger partial charge in [-0.1, -0.05) is 60.7 Å². The van der Waals surface area contributed by atoms with Crippen molar-refractivity contribution in [3.05, 3.63) is 89.5 Å². The molecule has 3 aromatic carbocycles. The van der Waals surface area contributed by atoms with Gasteiger partial charge in [-0.2, -0.15) is 0 Å². The number of hydrogen-bond acceptors (Lipinski definition) is 5. The number of rotatable bonds is 8. The fraction of sp³-hybridized carbons (Fsp3) is 0.367. The number of fused-ring (bicyclic) bond motifs is 3. The van der Waals surface area contributed by atoms with Gasteiger partial charge in [-0.25, -0.2) is 4.79 Å².